The Morgan fingerprint density at radius 1 is 1.78 bits per heavy atom. The van der Waals surface area contributed by atoms with Crippen molar-refractivity contribution >= 4 is 0 Å². The molecule has 1 nitrogen and oxygen atoms in total. The maximum absolute atomic E-state index is 5.13. The third-order valence-electron chi connectivity index (χ3n) is 1.28. The molecular formula is C8H10O. The summed E-state index contributed by atoms with van der Waals surface area (Å²) in [5.74, 6) is 0.778. The van der Waals surface area contributed by atoms with Crippen LogP contribution in [0.2, 0.25) is 0 Å². The van der Waals surface area contributed by atoms with Crippen LogP contribution in [0.25, 0.3) is 0 Å². The summed E-state index contributed by atoms with van der Waals surface area (Å²) >= 11 is 0. The number of hydrogen-bond acceptors (Lipinski definition) is 1. The van der Waals surface area contributed by atoms with Gasteiger partial charge in [-0.1, -0.05) is 18.7 Å². The van der Waals surface area contributed by atoms with Gasteiger partial charge in [-0.25, -0.2) is 0 Å². The van der Waals surface area contributed by atoms with Gasteiger partial charge in [-0.15, -0.1) is 0 Å². The Kier molecular flexibility index (Phi) is 1.73. The van der Waals surface area contributed by atoms with Gasteiger partial charge in [-0.2, -0.15) is 0 Å². The van der Waals surface area contributed by atoms with Gasteiger partial charge in [0.1, 0.15) is 12.4 Å². The largest absolute Gasteiger partial charge is 0.490 e. The Morgan fingerprint density at radius 3 is 3.00 bits per heavy atom. The van der Waals surface area contributed by atoms with E-state index in [1.54, 1.807) is 0 Å². The van der Waals surface area contributed by atoms with E-state index in [0.717, 1.165) is 11.3 Å². The Hall–Kier alpha value is -0.980. The summed E-state index contributed by atoms with van der Waals surface area (Å²) in [6.07, 6.45) is 5.98. The molecule has 48 valence electrons. The Bertz CT molecular complexity index is 175. The van der Waals surface area contributed by atoms with Crippen molar-refractivity contribution in [1.82, 2.24) is 0 Å². The van der Waals surface area contributed by atoms with E-state index in [1.165, 1.54) is 0 Å². The van der Waals surface area contributed by atoms with E-state index in [4.69, 9.17) is 4.74 Å². The number of ether oxygens (including phenoxy) is 1. The standard InChI is InChI=1S/C8H10O/c1-3-8-5-4-6-9-7(8)2/h3-5H,2,6H2,1H3/b8-3-. The van der Waals surface area contributed by atoms with Gasteiger partial charge in [0, 0.05) is 5.57 Å². The van der Waals surface area contributed by atoms with E-state index in [9.17, 15) is 0 Å². The van der Waals surface area contributed by atoms with Crippen LogP contribution in [0, 0.1) is 0 Å². The van der Waals surface area contributed by atoms with Crippen LogP contribution in [-0.2, 0) is 4.74 Å². The van der Waals surface area contributed by atoms with Gasteiger partial charge < -0.3 is 4.74 Å². The van der Waals surface area contributed by atoms with Gasteiger partial charge >= 0.3 is 0 Å². The molecular weight excluding hydrogens is 112 g/mol. The van der Waals surface area contributed by atoms with Crippen molar-refractivity contribution in [3.05, 3.63) is 36.1 Å². The molecule has 1 heterocycles. The lowest BCUT2D eigenvalue weighted by molar-refractivity contribution is 0.253. The summed E-state index contributed by atoms with van der Waals surface area (Å²) in [6, 6.07) is 0. The monoisotopic (exact) mass is 122 g/mol. The van der Waals surface area contributed by atoms with Gasteiger partial charge in [0.05, 0.1) is 0 Å². The van der Waals surface area contributed by atoms with Crippen molar-refractivity contribution in [1.29, 1.82) is 0 Å². The van der Waals surface area contributed by atoms with Crippen LogP contribution in [0.3, 0.4) is 0 Å². The van der Waals surface area contributed by atoms with Crippen LogP contribution in [0.15, 0.2) is 36.1 Å². The fourth-order valence-corrected chi connectivity index (χ4v) is 0.757. The first-order chi connectivity index (χ1) is 4.34. The van der Waals surface area contributed by atoms with Crippen molar-refractivity contribution in [3.63, 3.8) is 0 Å². The molecule has 9 heavy (non-hydrogen) atoms. The van der Waals surface area contributed by atoms with Crippen LogP contribution < -0.4 is 0 Å². The highest BCUT2D eigenvalue weighted by atomic mass is 16.5. The molecule has 0 fully saturated rings. The molecule has 0 N–H and O–H groups in total. The predicted octanol–water partition coefficient (Wildman–Crippen LogP) is 2.03. The zero-order valence-electron chi connectivity index (χ0n) is 5.55. The molecule has 0 atom stereocenters. The van der Waals surface area contributed by atoms with E-state index in [0.29, 0.717) is 6.61 Å². The minimum Gasteiger partial charge on any atom is -0.490 e. The lowest BCUT2D eigenvalue weighted by atomic mass is 10.2. The SMILES string of the molecule is C=C1OCC=C/C1=C/C. The molecule has 1 aliphatic heterocycles. The summed E-state index contributed by atoms with van der Waals surface area (Å²) in [6.45, 7) is 6.36. The highest BCUT2D eigenvalue weighted by Gasteiger charge is 2.01. The van der Waals surface area contributed by atoms with Gasteiger partial charge in [0.2, 0.25) is 0 Å². The number of hydrogen-bond donors (Lipinski definition) is 0. The molecule has 1 rings (SSSR count). The third-order valence-corrected chi connectivity index (χ3v) is 1.28. The van der Waals surface area contributed by atoms with Gasteiger partial charge in [0.15, 0.2) is 0 Å². The zero-order chi connectivity index (χ0) is 6.69. The normalized spacial score (nSPS) is 22.3. The van der Waals surface area contributed by atoms with Gasteiger partial charge in [-0.3, -0.25) is 0 Å². The van der Waals surface area contributed by atoms with E-state index in [-0.39, 0.29) is 0 Å². The Morgan fingerprint density at radius 2 is 2.56 bits per heavy atom. The summed E-state index contributed by atoms with van der Waals surface area (Å²) in [7, 11) is 0. The summed E-state index contributed by atoms with van der Waals surface area (Å²) in [4.78, 5) is 0. The fourth-order valence-electron chi connectivity index (χ4n) is 0.757. The fraction of sp³-hybridized carbons (Fsp3) is 0.250. The second-order valence-corrected chi connectivity index (χ2v) is 1.88. The molecule has 0 aromatic heterocycles. The molecule has 0 spiro atoms. The quantitative estimate of drug-likeness (QED) is 0.477. The maximum atomic E-state index is 5.13. The number of allylic oxidation sites excluding steroid dienone is 2. The molecule has 1 aliphatic rings. The lowest BCUT2D eigenvalue weighted by Gasteiger charge is -2.11. The Labute approximate surface area is 55.3 Å². The molecule has 0 bridgehead atoms. The topological polar surface area (TPSA) is 9.23 Å². The highest BCUT2D eigenvalue weighted by Crippen LogP contribution is 2.14. The highest BCUT2D eigenvalue weighted by molar-refractivity contribution is 5.35. The van der Waals surface area contributed by atoms with E-state index < -0.39 is 0 Å². The third kappa shape index (κ3) is 1.22. The smallest absolute Gasteiger partial charge is 0.119 e. The van der Waals surface area contributed by atoms with Crippen LogP contribution in [0.1, 0.15) is 6.92 Å². The summed E-state index contributed by atoms with van der Waals surface area (Å²) in [5, 5.41) is 0. The molecule has 0 aromatic carbocycles. The van der Waals surface area contributed by atoms with Crippen LogP contribution in [0.5, 0.6) is 0 Å². The average Bonchev–Trinajstić information content (AvgIpc) is 1.89. The first-order valence-corrected chi connectivity index (χ1v) is 2.99. The minimum atomic E-state index is 0.663. The van der Waals surface area contributed by atoms with Crippen molar-refractivity contribution in [2.75, 3.05) is 6.61 Å². The van der Waals surface area contributed by atoms with Crippen molar-refractivity contribution < 1.29 is 4.74 Å². The van der Waals surface area contributed by atoms with E-state index >= 15 is 0 Å². The minimum absolute atomic E-state index is 0.663. The molecule has 0 unspecified atom stereocenters. The molecule has 0 saturated carbocycles. The van der Waals surface area contributed by atoms with Crippen molar-refractivity contribution in [2.24, 2.45) is 0 Å². The summed E-state index contributed by atoms with van der Waals surface area (Å²) in [5.41, 5.74) is 1.08. The van der Waals surface area contributed by atoms with Crippen LogP contribution >= 0.6 is 0 Å². The van der Waals surface area contributed by atoms with Crippen LogP contribution in [0.4, 0.5) is 0 Å². The second kappa shape index (κ2) is 2.53. The average molecular weight is 122 g/mol. The molecule has 0 amide bonds. The molecule has 0 aromatic rings. The number of rotatable bonds is 0. The predicted molar refractivity (Wildman–Crippen MR) is 38.0 cm³/mol. The molecule has 0 radical (unpaired) electrons. The summed E-state index contributed by atoms with van der Waals surface area (Å²) < 4.78 is 5.13. The first-order valence-electron chi connectivity index (χ1n) is 2.99. The van der Waals surface area contributed by atoms with Crippen molar-refractivity contribution in [2.45, 2.75) is 6.92 Å². The van der Waals surface area contributed by atoms with Gasteiger partial charge in [0.25, 0.3) is 0 Å². The maximum Gasteiger partial charge on any atom is 0.119 e. The van der Waals surface area contributed by atoms with Crippen LogP contribution in [-0.4, -0.2) is 6.61 Å². The molecule has 0 saturated heterocycles. The lowest BCUT2D eigenvalue weighted by Crippen LogP contribution is -1.98. The Balaban J connectivity index is 2.81. The zero-order valence-corrected chi connectivity index (χ0v) is 5.55. The second-order valence-electron chi connectivity index (χ2n) is 1.88. The van der Waals surface area contributed by atoms with Crippen molar-refractivity contribution in [3.8, 4) is 0 Å². The molecule has 0 aliphatic carbocycles. The van der Waals surface area contributed by atoms with Gasteiger partial charge in [-0.05, 0) is 13.0 Å². The molecule has 1 heteroatoms. The van der Waals surface area contributed by atoms with E-state index in [2.05, 4.69) is 6.58 Å². The first kappa shape index (κ1) is 6.14. The van der Waals surface area contributed by atoms with E-state index in [1.807, 2.05) is 25.2 Å².